The molecule has 61 heavy (non-hydrogen) atoms. The van der Waals surface area contributed by atoms with E-state index in [9.17, 15) is 0 Å². The largest absolute Gasteiger partial charge is 0.228 e. The lowest BCUT2D eigenvalue weighted by atomic mass is 9.74. The summed E-state index contributed by atoms with van der Waals surface area (Å²) in [4.78, 5) is 10.5. The van der Waals surface area contributed by atoms with Gasteiger partial charge >= 0.3 is 0 Å². The van der Waals surface area contributed by atoms with E-state index in [1.807, 2.05) is 17.4 Å². The number of nitrogens with zero attached hydrogens (tertiary/aromatic N) is 2. The van der Waals surface area contributed by atoms with Gasteiger partial charge in [-0.05, 0) is 86.0 Å². The molecule has 0 saturated heterocycles. The van der Waals surface area contributed by atoms with Crippen molar-refractivity contribution in [1.82, 2.24) is 9.97 Å². The normalized spacial score (nSPS) is 14.4. The van der Waals surface area contributed by atoms with E-state index in [0.717, 1.165) is 39.3 Å². The maximum Gasteiger partial charge on any atom is 0.160 e. The van der Waals surface area contributed by atoms with Crippen molar-refractivity contribution in [1.29, 1.82) is 0 Å². The predicted octanol–water partition coefficient (Wildman–Crippen LogP) is 15.7. The second kappa shape index (κ2) is 14.1. The van der Waals surface area contributed by atoms with E-state index < -0.39 is 0 Å². The molecular formula is C58H38N2S. The molecule has 1 aliphatic rings. The van der Waals surface area contributed by atoms with Crippen LogP contribution < -0.4 is 0 Å². The summed E-state index contributed by atoms with van der Waals surface area (Å²) in [7, 11) is 0. The number of benzene rings is 9. The van der Waals surface area contributed by atoms with Gasteiger partial charge < -0.3 is 0 Å². The first-order chi connectivity index (χ1) is 30.1. The van der Waals surface area contributed by atoms with Gasteiger partial charge in [-0.1, -0.05) is 194 Å². The Kier molecular flexibility index (Phi) is 8.19. The SMILES string of the molecule is CC1(c2ccccc2)c2ccccc2-c2ccc(-c3ccc(-c4ccc(-c5cc(-c6cccc7c6sc6ccccc67)nc(-c6ccccc6)n5)c5ccccc45)cc3)cc21. The van der Waals surface area contributed by atoms with Crippen LogP contribution in [0, 0.1) is 0 Å². The van der Waals surface area contributed by atoms with Gasteiger partial charge in [0.05, 0.1) is 11.4 Å². The predicted molar refractivity (Wildman–Crippen MR) is 257 cm³/mol. The molecule has 2 aromatic heterocycles. The van der Waals surface area contributed by atoms with Crippen molar-refractivity contribution in [3.8, 4) is 67.3 Å². The Morgan fingerprint density at radius 1 is 0.361 bits per heavy atom. The van der Waals surface area contributed by atoms with Crippen LogP contribution in [0.1, 0.15) is 23.6 Å². The lowest BCUT2D eigenvalue weighted by molar-refractivity contribution is 0.714. The van der Waals surface area contributed by atoms with E-state index in [-0.39, 0.29) is 5.41 Å². The standard InChI is InChI=1S/C58H38N2S/c1-58(41-17-6-3-7-18-41)51-25-12-10-21-45(51)46-32-31-40(35-52(46)58)37-27-29-38(30-28-37)42-33-34-47(44-20-9-8-19-43(42)44)53-36-54(60-57(59-53)39-15-4-2-5-16-39)50-24-14-23-49-48-22-11-13-26-55(48)61-56(49)50/h2-36H,1H3. The fourth-order valence-corrected chi connectivity index (χ4v) is 11.0. The van der Waals surface area contributed by atoms with E-state index in [2.05, 4.69) is 213 Å². The fourth-order valence-electron chi connectivity index (χ4n) is 9.76. The average Bonchev–Trinajstić information content (AvgIpc) is 3.85. The highest BCUT2D eigenvalue weighted by atomic mass is 32.1. The molecule has 0 aliphatic heterocycles. The second-order valence-corrected chi connectivity index (χ2v) is 17.2. The van der Waals surface area contributed by atoms with Crippen LogP contribution in [-0.2, 0) is 5.41 Å². The van der Waals surface area contributed by atoms with Crippen molar-refractivity contribution in [3.63, 3.8) is 0 Å². The zero-order valence-corrected chi connectivity index (χ0v) is 34.3. The third kappa shape index (κ3) is 5.69. The van der Waals surface area contributed by atoms with Crippen LogP contribution in [-0.4, -0.2) is 9.97 Å². The van der Waals surface area contributed by atoms with Crippen LogP contribution in [0.15, 0.2) is 212 Å². The van der Waals surface area contributed by atoms with E-state index in [4.69, 9.17) is 9.97 Å². The number of fused-ring (bicyclic) bond motifs is 7. The Morgan fingerprint density at radius 2 is 0.918 bits per heavy atom. The minimum absolute atomic E-state index is 0.234. The van der Waals surface area contributed by atoms with Crippen LogP contribution in [0.3, 0.4) is 0 Å². The van der Waals surface area contributed by atoms with Crippen LogP contribution in [0.2, 0.25) is 0 Å². The van der Waals surface area contributed by atoms with Gasteiger partial charge in [-0.25, -0.2) is 9.97 Å². The summed E-state index contributed by atoms with van der Waals surface area (Å²) in [6.45, 7) is 2.38. The van der Waals surface area contributed by atoms with Crippen LogP contribution in [0.5, 0.6) is 0 Å². The van der Waals surface area contributed by atoms with Crippen molar-refractivity contribution < 1.29 is 0 Å². The maximum absolute atomic E-state index is 5.28. The summed E-state index contributed by atoms with van der Waals surface area (Å²) in [5, 5.41) is 4.88. The molecule has 2 heterocycles. The molecule has 3 heteroatoms. The van der Waals surface area contributed by atoms with Gasteiger partial charge in [0, 0.05) is 42.3 Å². The van der Waals surface area contributed by atoms with Gasteiger partial charge in [0.2, 0.25) is 0 Å². The lowest BCUT2D eigenvalue weighted by Gasteiger charge is -2.28. The molecule has 0 bridgehead atoms. The van der Waals surface area contributed by atoms with Crippen LogP contribution in [0.4, 0.5) is 0 Å². The number of hydrogen-bond acceptors (Lipinski definition) is 3. The highest BCUT2D eigenvalue weighted by molar-refractivity contribution is 7.26. The second-order valence-electron chi connectivity index (χ2n) is 16.2. The van der Waals surface area contributed by atoms with E-state index >= 15 is 0 Å². The molecule has 2 nitrogen and oxygen atoms in total. The molecule has 0 N–H and O–H groups in total. The zero-order valence-electron chi connectivity index (χ0n) is 33.5. The monoisotopic (exact) mass is 794 g/mol. The Bertz CT molecular complexity index is 3480. The first kappa shape index (κ1) is 35.5. The van der Waals surface area contributed by atoms with Gasteiger partial charge in [0.25, 0.3) is 0 Å². The molecule has 1 unspecified atom stereocenters. The smallest absolute Gasteiger partial charge is 0.160 e. The number of thiophene rings is 1. The molecule has 0 radical (unpaired) electrons. The van der Waals surface area contributed by atoms with Crippen molar-refractivity contribution in [2.45, 2.75) is 12.3 Å². The molecule has 286 valence electrons. The quantitative estimate of drug-likeness (QED) is 0.168. The third-order valence-corrected chi connectivity index (χ3v) is 14.1. The maximum atomic E-state index is 5.28. The number of aromatic nitrogens is 2. The van der Waals surface area contributed by atoms with Gasteiger partial charge in [-0.3, -0.25) is 0 Å². The number of rotatable bonds is 6. The molecule has 0 amide bonds. The Labute approximate surface area is 359 Å². The third-order valence-electron chi connectivity index (χ3n) is 12.8. The molecular weight excluding hydrogens is 757 g/mol. The Balaban J connectivity index is 0.950. The van der Waals surface area contributed by atoms with Crippen molar-refractivity contribution >= 4 is 42.3 Å². The van der Waals surface area contributed by atoms with E-state index in [1.54, 1.807) is 0 Å². The highest BCUT2D eigenvalue weighted by Gasteiger charge is 2.40. The first-order valence-corrected chi connectivity index (χ1v) is 21.7. The minimum Gasteiger partial charge on any atom is -0.228 e. The Hall–Kier alpha value is -7.46. The van der Waals surface area contributed by atoms with Crippen molar-refractivity contribution in [2.75, 3.05) is 0 Å². The average molecular weight is 795 g/mol. The van der Waals surface area contributed by atoms with E-state index in [0.29, 0.717) is 0 Å². The van der Waals surface area contributed by atoms with Gasteiger partial charge in [-0.2, -0.15) is 0 Å². The summed E-state index contributed by atoms with van der Waals surface area (Å²) in [5.41, 5.74) is 16.3. The van der Waals surface area contributed by atoms with Gasteiger partial charge in [0.1, 0.15) is 0 Å². The van der Waals surface area contributed by atoms with Gasteiger partial charge in [-0.15, -0.1) is 11.3 Å². The fraction of sp³-hybridized carbons (Fsp3) is 0.0345. The minimum atomic E-state index is -0.234. The summed E-state index contributed by atoms with van der Waals surface area (Å²) in [6.07, 6.45) is 0. The molecule has 0 fully saturated rings. The molecule has 0 spiro atoms. The molecule has 0 saturated carbocycles. The van der Waals surface area contributed by atoms with Crippen molar-refractivity contribution in [2.24, 2.45) is 0 Å². The van der Waals surface area contributed by atoms with Crippen molar-refractivity contribution in [3.05, 3.63) is 229 Å². The molecule has 11 aromatic rings. The summed E-state index contributed by atoms with van der Waals surface area (Å²) in [5.74, 6) is 0.717. The summed E-state index contributed by atoms with van der Waals surface area (Å²) < 4.78 is 2.52. The lowest BCUT2D eigenvalue weighted by Crippen LogP contribution is -2.22. The number of hydrogen-bond donors (Lipinski definition) is 0. The van der Waals surface area contributed by atoms with E-state index in [1.165, 1.54) is 75.6 Å². The Morgan fingerprint density at radius 3 is 1.72 bits per heavy atom. The zero-order chi connectivity index (χ0) is 40.5. The molecule has 1 atom stereocenters. The molecule has 12 rings (SSSR count). The molecule has 1 aliphatic carbocycles. The van der Waals surface area contributed by atoms with Gasteiger partial charge in [0.15, 0.2) is 5.82 Å². The highest BCUT2D eigenvalue weighted by Crippen LogP contribution is 2.53. The topological polar surface area (TPSA) is 25.8 Å². The first-order valence-electron chi connectivity index (χ1n) is 20.9. The molecule has 9 aromatic carbocycles. The van der Waals surface area contributed by atoms with Crippen LogP contribution in [0.25, 0.3) is 98.2 Å². The summed E-state index contributed by atoms with van der Waals surface area (Å²) in [6, 6.07) is 77.0. The van der Waals surface area contributed by atoms with Crippen LogP contribution >= 0.6 is 11.3 Å². The summed E-state index contributed by atoms with van der Waals surface area (Å²) >= 11 is 1.83.